The largest absolute Gasteiger partial charge is 0.493 e. The molecule has 42 heavy (non-hydrogen) atoms. The first kappa shape index (κ1) is 31.2. The first-order valence-electron chi connectivity index (χ1n) is 12.9. The summed E-state index contributed by atoms with van der Waals surface area (Å²) in [6.45, 7) is -0.0304. The molecular formula is C29H28F6N2O4S. The number of hydrogen-bond acceptors (Lipinski definition) is 5. The van der Waals surface area contributed by atoms with Gasteiger partial charge in [0, 0.05) is 23.0 Å². The number of methoxy groups -OCH3 is 2. The first-order chi connectivity index (χ1) is 19.8. The van der Waals surface area contributed by atoms with E-state index in [1.807, 2.05) is 23.6 Å². The van der Waals surface area contributed by atoms with E-state index >= 15 is 0 Å². The summed E-state index contributed by atoms with van der Waals surface area (Å²) < 4.78 is 91.1. The number of rotatable bonds is 11. The lowest BCUT2D eigenvalue weighted by Crippen LogP contribution is -2.44. The summed E-state index contributed by atoms with van der Waals surface area (Å²) in [6, 6.07) is 9.31. The van der Waals surface area contributed by atoms with Gasteiger partial charge in [0.1, 0.15) is 6.54 Å². The third-order valence-corrected chi connectivity index (χ3v) is 7.65. The van der Waals surface area contributed by atoms with Gasteiger partial charge < -0.3 is 19.3 Å². The van der Waals surface area contributed by atoms with Crippen LogP contribution in [0, 0.1) is 0 Å². The van der Waals surface area contributed by atoms with Gasteiger partial charge in [0.25, 0.3) is 5.91 Å². The fraction of sp³-hybridized carbons (Fsp3) is 0.379. The fourth-order valence-electron chi connectivity index (χ4n) is 4.43. The van der Waals surface area contributed by atoms with Crippen LogP contribution >= 0.6 is 11.3 Å². The van der Waals surface area contributed by atoms with E-state index in [0.717, 1.165) is 15.3 Å². The van der Waals surface area contributed by atoms with Crippen molar-refractivity contribution >= 4 is 23.2 Å². The summed E-state index contributed by atoms with van der Waals surface area (Å²) in [4.78, 5) is 30.4. The van der Waals surface area contributed by atoms with Gasteiger partial charge in [0.15, 0.2) is 11.5 Å². The van der Waals surface area contributed by atoms with E-state index < -0.39 is 53.4 Å². The minimum atomic E-state index is -5.10. The summed E-state index contributed by atoms with van der Waals surface area (Å²) in [5, 5.41) is 1.85. The van der Waals surface area contributed by atoms with Crippen molar-refractivity contribution in [1.29, 1.82) is 0 Å². The Morgan fingerprint density at radius 2 is 1.55 bits per heavy atom. The summed E-state index contributed by atoms with van der Waals surface area (Å²) in [5.74, 6) is -0.490. The van der Waals surface area contributed by atoms with Crippen molar-refractivity contribution < 1.29 is 45.4 Å². The summed E-state index contributed by atoms with van der Waals surface area (Å²) >= 11 is 1.43. The van der Waals surface area contributed by atoms with Gasteiger partial charge in [-0.2, -0.15) is 26.3 Å². The van der Waals surface area contributed by atoms with Crippen LogP contribution in [0.1, 0.15) is 44.8 Å². The zero-order chi connectivity index (χ0) is 30.7. The average molecular weight is 615 g/mol. The molecule has 1 saturated carbocycles. The zero-order valence-electron chi connectivity index (χ0n) is 22.7. The van der Waals surface area contributed by atoms with Gasteiger partial charge >= 0.3 is 12.4 Å². The van der Waals surface area contributed by atoms with Crippen LogP contribution in [0.3, 0.4) is 0 Å². The smallest absolute Gasteiger partial charge is 0.416 e. The molecule has 0 radical (unpaired) electrons. The molecule has 13 heteroatoms. The molecule has 4 rings (SSSR count). The lowest BCUT2D eigenvalue weighted by Gasteiger charge is -2.28. The lowest BCUT2D eigenvalue weighted by molar-refractivity contribution is -0.143. The second kappa shape index (κ2) is 12.6. The van der Waals surface area contributed by atoms with E-state index in [1.54, 1.807) is 12.1 Å². The SMILES string of the molecule is COc1ccc(CCN(Cc2cccs2)C(=O)CN(C(=O)c2cc(C(F)(F)F)cc(C(F)(F)F)c2)C2CC2)cc1OC. The van der Waals surface area contributed by atoms with Crippen LogP contribution in [0.25, 0.3) is 0 Å². The molecule has 0 aliphatic heterocycles. The summed E-state index contributed by atoms with van der Waals surface area (Å²) in [6.07, 6.45) is -8.81. The normalized spacial score (nSPS) is 13.5. The van der Waals surface area contributed by atoms with Gasteiger partial charge in [-0.25, -0.2) is 0 Å². The van der Waals surface area contributed by atoms with Crippen LogP contribution in [0.2, 0.25) is 0 Å². The number of ether oxygens (including phenoxy) is 2. The molecule has 1 aromatic heterocycles. The molecule has 1 aliphatic carbocycles. The molecule has 1 aliphatic rings. The van der Waals surface area contributed by atoms with Crippen molar-refractivity contribution in [3.63, 3.8) is 0 Å². The van der Waals surface area contributed by atoms with Crippen LogP contribution in [-0.2, 0) is 30.1 Å². The summed E-state index contributed by atoms with van der Waals surface area (Å²) in [7, 11) is 3.01. The Morgan fingerprint density at radius 1 is 0.905 bits per heavy atom. The maximum atomic E-state index is 13.6. The Labute approximate surface area is 242 Å². The van der Waals surface area contributed by atoms with Gasteiger partial charge in [-0.3, -0.25) is 9.59 Å². The van der Waals surface area contributed by atoms with Crippen molar-refractivity contribution in [2.45, 2.75) is 44.2 Å². The zero-order valence-corrected chi connectivity index (χ0v) is 23.5. The Kier molecular flexibility index (Phi) is 9.39. The molecule has 2 amide bonds. The number of halogens is 6. The lowest BCUT2D eigenvalue weighted by atomic mass is 10.0. The van der Waals surface area contributed by atoms with E-state index in [9.17, 15) is 35.9 Å². The van der Waals surface area contributed by atoms with Gasteiger partial charge in [0.05, 0.1) is 31.9 Å². The maximum Gasteiger partial charge on any atom is 0.416 e. The highest BCUT2D eigenvalue weighted by Crippen LogP contribution is 2.37. The predicted molar refractivity (Wildman–Crippen MR) is 143 cm³/mol. The Morgan fingerprint density at radius 3 is 2.07 bits per heavy atom. The highest BCUT2D eigenvalue weighted by molar-refractivity contribution is 7.09. The number of benzene rings is 2. The van der Waals surface area contributed by atoms with Crippen molar-refractivity contribution in [2.75, 3.05) is 27.3 Å². The molecular weight excluding hydrogens is 586 g/mol. The maximum absolute atomic E-state index is 13.6. The highest BCUT2D eigenvalue weighted by atomic mass is 32.1. The third kappa shape index (κ3) is 7.75. The average Bonchev–Trinajstić information content (AvgIpc) is 3.66. The van der Waals surface area contributed by atoms with Gasteiger partial charge in [-0.15, -0.1) is 11.3 Å². The van der Waals surface area contributed by atoms with Crippen molar-refractivity contribution in [2.24, 2.45) is 0 Å². The van der Waals surface area contributed by atoms with Gasteiger partial charge in [-0.05, 0) is 66.6 Å². The molecule has 2 aromatic carbocycles. The standard InChI is InChI=1S/C29H28F6N2O4S/c1-40-24-8-5-18(12-25(24)41-2)9-10-36(16-23-4-3-11-42-23)26(38)17-37(22-6-7-22)27(39)19-13-20(28(30,31)32)15-21(14-19)29(33,34)35/h3-5,8,11-15,22H,6-7,9-10,16-17H2,1-2H3. The topological polar surface area (TPSA) is 59.1 Å². The van der Waals surface area contributed by atoms with Crippen molar-refractivity contribution in [1.82, 2.24) is 9.80 Å². The minimum absolute atomic E-state index is 0.0275. The number of amides is 2. The quantitative estimate of drug-likeness (QED) is 0.226. The van der Waals surface area contributed by atoms with Crippen LogP contribution in [0.5, 0.6) is 11.5 Å². The molecule has 0 N–H and O–H groups in total. The van der Waals surface area contributed by atoms with E-state index in [0.29, 0.717) is 42.9 Å². The minimum Gasteiger partial charge on any atom is -0.493 e. The first-order valence-corrected chi connectivity index (χ1v) is 13.8. The molecule has 0 bridgehead atoms. The van der Waals surface area contributed by atoms with E-state index in [4.69, 9.17) is 9.47 Å². The molecule has 226 valence electrons. The molecule has 0 spiro atoms. The van der Waals surface area contributed by atoms with Gasteiger partial charge in [0.2, 0.25) is 5.91 Å². The number of carbonyl (C=O) groups excluding carboxylic acids is 2. The number of carbonyl (C=O) groups is 2. The van der Waals surface area contributed by atoms with Crippen molar-refractivity contribution in [3.8, 4) is 11.5 Å². The number of alkyl halides is 6. The van der Waals surface area contributed by atoms with E-state index in [2.05, 4.69) is 0 Å². The molecule has 3 aromatic rings. The van der Waals surface area contributed by atoms with Crippen LogP contribution in [0.15, 0.2) is 53.9 Å². The fourth-order valence-corrected chi connectivity index (χ4v) is 5.15. The second-order valence-corrected chi connectivity index (χ2v) is 10.8. The molecule has 0 atom stereocenters. The predicted octanol–water partition coefficient (Wildman–Crippen LogP) is 6.68. The number of thiophene rings is 1. The Balaban J connectivity index is 1.58. The molecule has 6 nitrogen and oxygen atoms in total. The molecule has 0 unspecified atom stereocenters. The third-order valence-electron chi connectivity index (χ3n) is 6.79. The summed E-state index contributed by atoms with van der Waals surface area (Å²) in [5.41, 5.74) is -3.10. The highest BCUT2D eigenvalue weighted by Gasteiger charge is 2.40. The number of nitrogens with zero attached hydrogens (tertiary/aromatic N) is 2. The van der Waals surface area contributed by atoms with Crippen LogP contribution < -0.4 is 9.47 Å². The molecule has 1 heterocycles. The number of hydrogen-bond donors (Lipinski definition) is 0. The Hall–Kier alpha value is -3.74. The second-order valence-electron chi connectivity index (χ2n) is 9.79. The molecule has 1 fully saturated rings. The molecule has 0 saturated heterocycles. The Bertz CT molecular complexity index is 1370. The van der Waals surface area contributed by atoms with Crippen LogP contribution in [0.4, 0.5) is 26.3 Å². The van der Waals surface area contributed by atoms with E-state index in [-0.39, 0.29) is 19.2 Å². The van der Waals surface area contributed by atoms with E-state index in [1.165, 1.54) is 30.5 Å². The van der Waals surface area contributed by atoms with Crippen molar-refractivity contribution in [3.05, 3.63) is 81.0 Å². The monoisotopic (exact) mass is 614 g/mol. The van der Waals surface area contributed by atoms with Crippen LogP contribution in [-0.4, -0.2) is 55.0 Å². The van der Waals surface area contributed by atoms with Gasteiger partial charge in [-0.1, -0.05) is 12.1 Å².